The monoisotopic (exact) mass is 326 g/mol. The summed E-state index contributed by atoms with van der Waals surface area (Å²) in [6.07, 6.45) is 0. The van der Waals surface area contributed by atoms with Gasteiger partial charge in [-0.3, -0.25) is 4.72 Å². The fourth-order valence-electron chi connectivity index (χ4n) is 1.03. The predicted molar refractivity (Wildman–Crippen MR) is 66.5 cm³/mol. The van der Waals surface area contributed by atoms with Gasteiger partial charge in [-0.2, -0.15) is 13.1 Å². The lowest BCUT2D eigenvalue weighted by Crippen LogP contribution is -2.32. The molecular formula is C9H12BrFN2O3S. The van der Waals surface area contributed by atoms with Crippen LogP contribution in [0.2, 0.25) is 0 Å². The normalized spacial score (nSPS) is 11.5. The van der Waals surface area contributed by atoms with Crippen LogP contribution < -0.4 is 9.44 Å². The Balaban J connectivity index is 2.69. The molecule has 0 aliphatic heterocycles. The van der Waals surface area contributed by atoms with Gasteiger partial charge in [-0.25, -0.2) is 4.39 Å². The quantitative estimate of drug-likeness (QED) is 0.778. The lowest BCUT2D eigenvalue weighted by Gasteiger charge is -2.09. The second-order valence-electron chi connectivity index (χ2n) is 3.12. The van der Waals surface area contributed by atoms with Crippen LogP contribution in [0.15, 0.2) is 22.7 Å². The molecule has 0 unspecified atom stereocenters. The van der Waals surface area contributed by atoms with Crippen LogP contribution in [0.4, 0.5) is 10.1 Å². The van der Waals surface area contributed by atoms with Crippen LogP contribution in [0.25, 0.3) is 0 Å². The molecule has 0 amide bonds. The van der Waals surface area contributed by atoms with Crippen molar-refractivity contribution in [2.45, 2.75) is 0 Å². The molecule has 96 valence electrons. The van der Waals surface area contributed by atoms with E-state index in [1.165, 1.54) is 25.3 Å². The number of halogens is 2. The fraction of sp³-hybridized carbons (Fsp3) is 0.333. The van der Waals surface area contributed by atoms with Gasteiger partial charge in [0.1, 0.15) is 5.82 Å². The summed E-state index contributed by atoms with van der Waals surface area (Å²) >= 11 is 3.08. The van der Waals surface area contributed by atoms with Crippen molar-refractivity contribution in [2.75, 3.05) is 25.0 Å². The number of benzene rings is 1. The Hall–Kier alpha value is -0.700. The van der Waals surface area contributed by atoms with Crippen molar-refractivity contribution in [2.24, 2.45) is 0 Å². The molecule has 2 N–H and O–H groups in total. The van der Waals surface area contributed by atoms with Gasteiger partial charge in [0.05, 0.1) is 12.3 Å². The fourth-order valence-corrected chi connectivity index (χ4v) is 2.24. The van der Waals surface area contributed by atoms with Crippen LogP contribution in [0.1, 0.15) is 0 Å². The molecule has 0 atom stereocenters. The standard InChI is InChI=1S/C9H12BrFN2O3S/c1-16-5-4-12-17(14,15)13-9-3-2-7(10)6-8(9)11/h2-3,6,12-13H,4-5H2,1H3. The first kappa shape index (κ1) is 14.4. The van der Waals surface area contributed by atoms with Crippen LogP contribution in [-0.4, -0.2) is 28.7 Å². The SMILES string of the molecule is COCCNS(=O)(=O)Nc1ccc(Br)cc1F. The largest absolute Gasteiger partial charge is 0.383 e. The molecule has 0 bridgehead atoms. The van der Waals surface area contributed by atoms with Gasteiger partial charge >= 0.3 is 0 Å². The third-order valence-electron chi connectivity index (χ3n) is 1.77. The van der Waals surface area contributed by atoms with Gasteiger partial charge in [-0.05, 0) is 18.2 Å². The average molecular weight is 327 g/mol. The van der Waals surface area contributed by atoms with Crippen LogP contribution in [0.5, 0.6) is 0 Å². The first-order valence-corrected chi connectivity index (χ1v) is 6.93. The first-order valence-electron chi connectivity index (χ1n) is 4.66. The zero-order chi connectivity index (χ0) is 12.9. The van der Waals surface area contributed by atoms with Crippen molar-refractivity contribution in [3.05, 3.63) is 28.5 Å². The summed E-state index contributed by atoms with van der Waals surface area (Å²) in [5.41, 5.74) is -0.113. The molecule has 1 aromatic rings. The van der Waals surface area contributed by atoms with E-state index in [1.807, 2.05) is 0 Å². The van der Waals surface area contributed by atoms with Crippen LogP contribution >= 0.6 is 15.9 Å². The van der Waals surface area contributed by atoms with Crippen LogP contribution in [-0.2, 0) is 14.9 Å². The van der Waals surface area contributed by atoms with E-state index in [1.54, 1.807) is 0 Å². The molecule has 0 saturated heterocycles. The van der Waals surface area contributed by atoms with Crippen LogP contribution in [0.3, 0.4) is 0 Å². The van der Waals surface area contributed by atoms with Gasteiger partial charge in [0.25, 0.3) is 10.2 Å². The Labute approximate surface area is 108 Å². The highest BCUT2D eigenvalue weighted by atomic mass is 79.9. The lowest BCUT2D eigenvalue weighted by molar-refractivity contribution is 0.204. The summed E-state index contributed by atoms with van der Waals surface area (Å²) in [6.45, 7) is 0.355. The molecule has 1 rings (SSSR count). The highest BCUT2D eigenvalue weighted by Crippen LogP contribution is 2.19. The number of ether oxygens (including phenoxy) is 1. The minimum Gasteiger partial charge on any atom is -0.383 e. The van der Waals surface area contributed by atoms with E-state index in [0.29, 0.717) is 4.47 Å². The van der Waals surface area contributed by atoms with E-state index < -0.39 is 16.0 Å². The highest BCUT2D eigenvalue weighted by Gasteiger charge is 2.12. The smallest absolute Gasteiger partial charge is 0.299 e. The van der Waals surface area contributed by atoms with E-state index in [2.05, 4.69) is 25.4 Å². The Morgan fingerprint density at radius 1 is 1.47 bits per heavy atom. The molecular weight excluding hydrogens is 315 g/mol. The number of rotatable bonds is 6. The van der Waals surface area contributed by atoms with Gasteiger partial charge < -0.3 is 4.74 Å². The Morgan fingerprint density at radius 2 is 2.18 bits per heavy atom. The van der Waals surface area contributed by atoms with Crippen molar-refractivity contribution in [3.63, 3.8) is 0 Å². The minimum absolute atomic E-state index is 0.113. The van der Waals surface area contributed by atoms with Gasteiger partial charge in [0.2, 0.25) is 0 Å². The summed E-state index contributed by atoms with van der Waals surface area (Å²) < 4.78 is 45.8. The average Bonchev–Trinajstić information content (AvgIpc) is 2.22. The molecule has 0 saturated carbocycles. The van der Waals surface area contributed by atoms with E-state index >= 15 is 0 Å². The number of hydrogen-bond acceptors (Lipinski definition) is 3. The summed E-state index contributed by atoms with van der Waals surface area (Å²) in [7, 11) is -2.32. The maximum Gasteiger partial charge on any atom is 0.299 e. The van der Waals surface area contributed by atoms with E-state index in [4.69, 9.17) is 4.74 Å². The van der Waals surface area contributed by atoms with E-state index in [9.17, 15) is 12.8 Å². The van der Waals surface area contributed by atoms with Crippen molar-refractivity contribution in [1.82, 2.24) is 4.72 Å². The molecule has 0 aromatic heterocycles. The summed E-state index contributed by atoms with van der Waals surface area (Å²) in [5, 5.41) is 0. The van der Waals surface area contributed by atoms with Crippen molar-refractivity contribution in [3.8, 4) is 0 Å². The van der Waals surface area contributed by atoms with Crippen LogP contribution in [0, 0.1) is 5.82 Å². The van der Waals surface area contributed by atoms with Gasteiger partial charge in [-0.15, -0.1) is 0 Å². The predicted octanol–water partition coefficient (Wildman–Crippen LogP) is 1.48. The Bertz CT molecular complexity index is 481. The number of anilines is 1. The summed E-state index contributed by atoms with van der Waals surface area (Å²) in [6, 6.07) is 4.04. The molecule has 0 heterocycles. The molecule has 0 aliphatic carbocycles. The van der Waals surface area contributed by atoms with Gasteiger partial charge in [0.15, 0.2) is 0 Å². The number of nitrogens with one attached hydrogen (secondary N) is 2. The zero-order valence-corrected chi connectivity index (χ0v) is 11.4. The molecule has 0 fully saturated rings. The third-order valence-corrected chi connectivity index (χ3v) is 3.34. The van der Waals surface area contributed by atoms with E-state index in [-0.39, 0.29) is 18.8 Å². The maximum atomic E-state index is 13.4. The topological polar surface area (TPSA) is 67.4 Å². The molecule has 5 nitrogen and oxygen atoms in total. The zero-order valence-electron chi connectivity index (χ0n) is 9.04. The molecule has 0 aliphatic rings. The number of methoxy groups -OCH3 is 1. The molecule has 8 heteroatoms. The van der Waals surface area contributed by atoms with Gasteiger partial charge in [0, 0.05) is 18.1 Å². The van der Waals surface area contributed by atoms with Crippen molar-refractivity contribution in [1.29, 1.82) is 0 Å². The summed E-state index contributed by atoms with van der Waals surface area (Å²) in [5.74, 6) is -0.656. The van der Waals surface area contributed by atoms with E-state index in [0.717, 1.165) is 0 Å². The van der Waals surface area contributed by atoms with Gasteiger partial charge in [-0.1, -0.05) is 15.9 Å². The lowest BCUT2D eigenvalue weighted by atomic mass is 10.3. The first-order chi connectivity index (χ1) is 7.94. The molecule has 1 aromatic carbocycles. The Kier molecular flexibility index (Phi) is 5.31. The summed E-state index contributed by atoms with van der Waals surface area (Å²) in [4.78, 5) is 0. The highest BCUT2D eigenvalue weighted by molar-refractivity contribution is 9.10. The second-order valence-corrected chi connectivity index (χ2v) is 5.53. The molecule has 0 radical (unpaired) electrons. The maximum absolute atomic E-state index is 13.4. The third kappa shape index (κ3) is 4.99. The minimum atomic E-state index is -3.78. The van der Waals surface area contributed by atoms with Crippen molar-refractivity contribution < 1.29 is 17.5 Å². The second kappa shape index (κ2) is 6.29. The molecule has 0 spiro atoms. The Morgan fingerprint density at radius 3 is 2.76 bits per heavy atom. The molecule has 17 heavy (non-hydrogen) atoms. The number of hydrogen-bond donors (Lipinski definition) is 2. The van der Waals surface area contributed by atoms with Crippen molar-refractivity contribution >= 4 is 31.8 Å².